The summed E-state index contributed by atoms with van der Waals surface area (Å²) in [6.45, 7) is 2.74. The lowest BCUT2D eigenvalue weighted by Crippen LogP contribution is -2.28. The Morgan fingerprint density at radius 2 is 1.90 bits per heavy atom. The summed E-state index contributed by atoms with van der Waals surface area (Å²) >= 11 is 0. The van der Waals surface area contributed by atoms with Crippen LogP contribution in [0.2, 0.25) is 0 Å². The van der Waals surface area contributed by atoms with Crippen LogP contribution < -0.4 is 5.73 Å². The minimum absolute atomic E-state index is 0.0720. The third-order valence-corrected chi connectivity index (χ3v) is 4.14. The molecule has 0 unspecified atom stereocenters. The van der Waals surface area contributed by atoms with Crippen molar-refractivity contribution >= 4 is 21.4 Å². The Morgan fingerprint density at radius 1 is 1.25 bits per heavy atom. The molecule has 0 saturated carbocycles. The molecule has 1 aromatic rings. The molecule has 0 bridgehead atoms. The number of carbonyl (C=O) groups is 1. The predicted octanol–water partition coefficient (Wildman–Crippen LogP) is 1.93. The van der Waals surface area contributed by atoms with Crippen LogP contribution in [0.4, 0.5) is 5.69 Å². The Labute approximate surface area is 120 Å². The zero-order chi connectivity index (χ0) is 15.3. The molecule has 0 saturated heterocycles. The quantitative estimate of drug-likeness (QED) is 0.643. The maximum atomic E-state index is 12.2. The van der Waals surface area contributed by atoms with Gasteiger partial charge in [-0.05, 0) is 24.6 Å². The third-order valence-electron chi connectivity index (χ3n) is 3.05. The van der Waals surface area contributed by atoms with E-state index in [0.717, 1.165) is 25.5 Å². The number of benzene rings is 1. The van der Waals surface area contributed by atoms with Crippen molar-refractivity contribution in [3.63, 3.8) is 0 Å². The fourth-order valence-electron chi connectivity index (χ4n) is 1.88. The summed E-state index contributed by atoms with van der Waals surface area (Å²) in [5.74, 6) is -0.210. The van der Waals surface area contributed by atoms with E-state index in [1.54, 1.807) is 11.9 Å². The number of nitrogens with two attached hydrogens (primary N) is 1. The van der Waals surface area contributed by atoms with Crippen molar-refractivity contribution in [1.29, 1.82) is 0 Å². The topological polar surface area (TPSA) is 80.5 Å². The smallest absolute Gasteiger partial charge is 0.253 e. The molecule has 112 valence electrons. The molecule has 1 amide bonds. The fourth-order valence-corrected chi connectivity index (χ4v) is 2.57. The van der Waals surface area contributed by atoms with Gasteiger partial charge >= 0.3 is 0 Å². The molecule has 0 fully saturated rings. The van der Waals surface area contributed by atoms with E-state index in [1.807, 2.05) is 0 Å². The average molecular weight is 298 g/mol. The van der Waals surface area contributed by atoms with Crippen LogP contribution in [-0.4, -0.2) is 39.1 Å². The van der Waals surface area contributed by atoms with Crippen molar-refractivity contribution in [2.24, 2.45) is 0 Å². The standard InChI is InChI=1S/C14H22N2O3S/c1-4-5-6-7-16(2)14(17)11-8-12(15)10-13(9-11)20(3,18)19/h8-10H,4-7,15H2,1-3H3. The number of rotatable bonds is 6. The number of carbonyl (C=O) groups excluding carboxylic acids is 1. The highest BCUT2D eigenvalue weighted by Gasteiger charge is 2.16. The first-order valence-corrected chi connectivity index (χ1v) is 8.51. The maximum absolute atomic E-state index is 12.2. The van der Waals surface area contributed by atoms with Gasteiger partial charge in [-0.2, -0.15) is 0 Å². The van der Waals surface area contributed by atoms with E-state index in [2.05, 4.69) is 6.92 Å². The van der Waals surface area contributed by atoms with Crippen molar-refractivity contribution in [3.05, 3.63) is 23.8 Å². The van der Waals surface area contributed by atoms with Gasteiger partial charge in [0, 0.05) is 31.1 Å². The molecule has 0 aliphatic heterocycles. The maximum Gasteiger partial charge on any atom is 0.253 e. The van der Waals surface area contributed by atoms with Crippen LogP contribution in [0, 0.1) is 0 Å². The molecule has 0 aliphatic rings. The van der Waals surface area contributed by atoms with Gasteiger partial charge in [-0.3, -0.25) is 4.79 Å². The van der Waals surface area contributed by atoms with Crippen molar-refractivity contribution in [1.82, 2.24) is 4.90 Å². The van der Waals surface area contributed by atoms with E-state index >= 15 is 0 Å². The third kappa shape index (κ3) is 4.52. The SMILES string of the molecule is CCCCCN(C)C(=O)c1cc(N)cc(S(C)(=O)=O)c1. The molecule has 0 atom stereocenters. The van der Waals surface area contributed by atoms with Crippen LogP contribution in [0.1, 0.15) is 36.5 Å². The average Bonchev–Trinajstić information content (AvgIpc) is 2.36. The molecule has 0 aromatic heterocycles. The highest BCUT2D eigenvalue weighted by Crippen LogP contribution is 2.18. The van der Waals surface area contributed by atoms with E-state index in [9.17, 15) is 13.2 Å². The normalized spacial score (nSPS) is 11.3. The molecule has 0 radical (unpaired) electrons. The molecule has 0 spiro atoms. The van der Waals surface area contributed by atoms with Crippen LogP contribution >= 0.6 is 0 Å². The second-order valence-electron chi connectivity index (χ2n) is 5.00. The van der Waals surface area contributed by atoms with Crippen molar-refractivity contribution in [2.75, 3.05) is 25.6 Å². The summed E-state index contributed by atoms with van der Waals surface area (Å²) in [5, 5.41) is 0. The van der Waals surface area contributed by atoms with E-state index in [4.69, 9.17) is 5.73 Å². The zero-order valence-electron chi connectivity index (χ0n) is 12.2. The molecule has 1 rings (SSSR count). The summed E-state index contributed by atoms with van der Waals surface area (Å²) in [6.07, 6.45) is 4.17. The van der Waals surface area contributed by atoms with Gasteiger partial charge in [-0.25, -0.2) is 8.42 Å². The Bertz CT molecular complexity index is 582. The number of amides is 1. The molecule has 1 aromatic carbocycles. The van der Waals surface area contributed by atoms with Crippen LogP contribution in [0.15, 0.2) is 23.1 Å². The Kier molecular flexibility index (Phi) is 5.56. The highest BCUT2D eigenvalue weighted by atomic mass is 32.2. The number of nitrogen functional groups attached to an aromatic ring is 1. The zero-order valence-corrected chi connectivity index (χ0v) is 13.0. The molecular formula is C14H22N2O3S. The molecule has 2 N–H and O–H groups in total. The van der Waals surface area contributed by atoms with Crippen LogP contribution in [-0.2, 0) is 9.84 Å². The summed E-state index contributed by atoms with van der Waals surface area (Å²) in [5.41, 5.74) is 6.27. The van der Waals surface area contributed by atoms with Gasteiger partial charge in [-0.15, -0.1) is 0 Å². The van der Waals surface area contributed by atoms with Crippen LogP contribution in [0.3, 0.4) is 0 Å². The molecule has 0 aliphatic carbocycles. The van der Waals surface area contributed by atoms with E-state index in [0.29, 0.717) is 12.1 Å². The second kappa shape index (κ2) is 6.74. The summed E-state index contributed by atoms with van der Waals surface area (Å²) < 4.78 is 23.1. The number of anilines is 1. The minimum Gasteiger partial charge on any atom is -0.399 e. The lowest BCUT2D eigenvalue weighted by atomic mass is 10.1. The van der Waals surface area contributed by atoms with Gasteiger partial charge < -0.3 is 10.6 Å². The first kappa shape index (κ1) is 16.5. The number of nitrogens with zero attached hydrogens (tertiary/aromatic N) is 1. The van der Waals surface area contributed by atoms with Gasteiger partial charge in [0.15, 0.2) is 9.84 Å². The Morgan fingerprint density at radius 3 is 2.45 bits per heavy atom. The number of sulfone groups is 1. The van der Waals surface area contributed by atoms with Gasteiger partial charge in [0.05, 0.1) is 4.90 Å². The predicted molar refractivity (Wildman–Crippen MR) is 80.4 cm³/mol. The number of hydrogen-bond donors (Lipinski definition) is 1. The van der Waals surface area contributed by atoms with Crippen LogP contribution in [0.5, 0.6) is 0 Å². The summed E-state index contributed by atoms with van der Waals surface area (Å²) in [6, 6.07) is 4.25. The molecule has 0 heterocycles. The Hall–Kier alpha value is -1.56. The van der Waals surface area contributed by atoms with E-state index < -0.39 is 9.84 Å². The van der Waals surface area contributed by atoms with Crippen LogP contribution in [0.25, 0.3) is 0 Å². The lowest BCUT2D eigenvalue weighted by Gasteiger charge is -2.17. The molecular weight excluding hydrogens is 276 g/mol. The van der Waals surface area contributed by atoms with Crippen molar-refractivity contribution in [2.45, 2.75) is 31.1 Å². The lowest BCUT2D eigenvalue weighted by molar-refractivity contribution is 0.0792. The van der Waals surface area contributed by atoms with Gasteiger partial charge in [0.2, 0.25) is 0 Å². The fraction of sp³-hybridized carbons (Fsp3) is 0.500. The van der Waals surface area contributed by atoms with Gasteiger partial charge in [0.1, 0.15) is 0 Å². The number of hydrogen-bond acceptors (Lipinski definition) is 4. The first-order valence-electron chi connectivity index (χ1n) is 6.61. The molecule has 6 heteroatoms. The minimum atomic E-state index is -3.38. The molecule has 20 heavy (non-hydrogen) atoms. The van der Waals surface area contributed by atoms with Crippen molar-refractivity contribution < 1.29 is 13.2 Å². The van der Waals surface area contributed by atoms with Gasteiger partial charge in [-0.1, -0.05) is 19.8 Å². The van der Waals surface area contributed by atoms with Gasteiger partial charge in [0.25, 0.3) is 5.91 Å². The van der Waals surface area contributed by atoms with E-state index in [-0.39, 0.29) is 16.5 Å². The Balaban J connectivity index is 2.96. The summed E-state index contributed by atoms with van der Waals surface area (Å²) in [4.78, 5) is 13.9. The monoisotopic (exact) mass is 298 g/mol. The number of unbranched alkanes of at least 4 members (excludes halogenated alkanes) is 2. The highest BCUT2D eigenvalue weighted by molar-refractivity contribution is 7.90. The van der Waals surface area contributed by atoms with E-state index in [1.165, 1.54) is 18.2 Å². The summed E-state index contributed by atoms with van der Waals surface area (Å²) in [7, 11) is -1.67. The van der Waals surface area contributed by atoms with Crippen molar-refractivity contribution in [3.8, 4) is 0 Å². The second-order valence-corrected chi connectivity index (χ2v) is 7.01. The first-order chi connectivity index (χ1) is 9.25. The molecule has 5 nitrogen and oxygen atoms in total. The largest absolute Gasteiger partial charge is 0.399 e.